The van der Waals surface area contributed by atoms with Crippen LogP contribution in [0.1, 0.15) is 13.3 Å². The molecule has 2 nitrogen and oxygen atoms in total. The van der Waals surface area contributed by atoms with Crippen molar-refractivity contribution in [3.8, 4) is 10.4 Å². The van der Waals surface area contributed by atoms with Crippen LogP contribution in [0.3, 0.4) is 0 Å². The molecule has 17 heavy (non-hydrogen) atoms. The largest absolute Gasteiger partial charge is 0.362 e. The molecule has 1 N–H and O–H groups in total. The summed E-state index contributed by atoms with van der Waals surface area (Å²) in [5.74, 6) is -1.66. The minimum atomic E-state index is -0.834. The first-order valence-electron chi connectivity index (χ1n) is 5.36. The van der Waals surface area contributed by atoms with Gasteiger partial charge in [-0.15, -0.1) is 0 Å². The number of aromatic nitrogens is 1. The maximum Gasteiger partial charge on any atom is 0.183 e. The SMILES string of the molecule is CCCNc1ncc(-c2cccc(F)c2F)s1. The van der Waals surface area contributed by atoms with E-state index in [1.54, 1.807) is 12.3 Å². The van der Waals surface area contributed by atoms with Gasteiger partial charge in [0.1, 0.15) is 0 Å². The molecule has 5 heteroatoms. The van der Waals surface area contributed by atoms with Crippen LogP contribution in [0.5, 0.6) is 0 Å². The van der Waals surface area contributed by atoms with Crippen LogP contribution < -0.4 is 5.32 Å². The highest BCUT2D eigenvalue weighted by molar-refractivity contribution is 7.18. The minimum Gasteiger partial charge on any atom is -0.362 e. The number of rotatable bonds is 4. The summed E-state index contributed by atoms with van der Waals surface area (Å²) in [6.45, 7) is 2.87. The Morgan fingerprint density at radius 3 is 2.94 bits per heavy atom. The molecule has 0 fully saturated rings. The molecule has 0 amide bonds. The van der Waals surface area contributed by atoms with Crippen LogP contribution >= 0.6 is 11.3 Å². The normalized spacial score (nSPS) is 10.5. The molecule has 0 aliphatic rings. The molecule has 0 radical (unpaired) electrons. The van der Waals surface area contributed by atoms with Gasteiger partial charge in [0.05, 0.1) is 4.88 Å². The maximum atomic E-state index is 13.5. The molecule has 0 saturated heterocycles. The van der Waals surface area contributed by atoms with E-state index in [0.717, 1.165) is 24.2 Å². The number of hydrogen-bond acceptors (Lipinski definition) is 3. The second-order valence-corrected chi connectivity index (χ2v) is 4.59. The molecule has 0 atom stereocenters. The molecule has 0 bridgehead atoms. The highest BCUT2D eigenvalue weighted by atomic mass is 32.1. The van der Waals surface area contributed by atoms with Crippen LogP contribution in [0.15, 0.2) is 24.4 Å². The van der Waals surface area contributed by atoms with Crippen LogP contribution in [-0.4, -0.2) is 11.5 Å². The summed E-state index contributed by atoms with van der Waals surface area (Å²) in [5, 5.41) is 3.84. The molecular formula is C12H12F2N2S. The number of anilines is 1. The molecular weight excluding hydrogens is 242 g/mol. The second-order valence-electron chi connectivity index (χ2n) is 3.56. The zero-order valence-corrected chi connectivity index (χ0v) is 10.2. The summed E-state index contributed by atoms with van der Waals surface area (Å²) in [6, 6.07) is 4.15. The summed E-state index contributed by atoms with van der Waals surface area (Å²) in [4.78, 5) is 4.74. The van der Waals surface area contributed by atoms with E-state index in [1.165, 1.54) is 17.4 Å². The first-order valence-corrected chi connectivity index (χ1v) is 6.18. The summed E-state index contributed by atoms with van der Waals surface area (Å²) in [6.07, 6.45) is 2.55. The Bertz CT molecular complexity index is 511. The van der Waals surface area contributed by atoms with Crippen LogP contribution in [0.2, 0.25) is 0 Å². The summed E-state index contributed by atoms with van der Waals surface area (Å²) in [5.41, 5.74) is 0.257. The van der Waals surface area contributed by atoms with Gasteiger partial charge in [-0.25, -0.2) is 13.8 Å². The molecule has 90 valence electrons. The van der Waals surface area contributed by atoms with Crippen molar-refractivity contribution >= 4 is 16.5 Å². The van der Waals surface area contributed by atoms with Crippen molar-refractivity contribution in [3.63, 3.8) is 0 Å². The predicted octanol–water partition coefficient (Wildman–Crippen LogP) is 3.91. The Hall–Kier alpha value is -1.49. The molecule has 2 rings (SSSR count). The first kappa shape index (κ1) is 12.0. The van der Waals surface area contributed by atoms with E-state index in [4.69, 9.17) is 0 Å². The van der Waals surface area contributed by atoms with E-state index in [1.807, 2.05) is 6.92 Å². The third-order valence-corrected chi connectivity index (χ3v) is 3.24. The topological polar surface area (TPSA) is 24.9 Å². The lowest BCUT2D eigenvalue weighted by Gasteiger charge is -2.00. The molecule has 0 aliphatic carbocycles. The van der Waals surface area contributed by atoms with E-state index in [0.29, 0.717) is 4.88 Å². The number of hydrogen-bond donors (Lipinski definition) is 1. The van der Waals surface area contributed by atoms with Gasteiger partial charge in [0.2, 0.25) is 0 Å². The Morgan fingerprint density at radius 2 is 2.18 bits per heavy atom. The predicted molar refractivity (Wildman–Crippen MR) is 66.2 cm³/mol. The van der Waals surface area contributed by atoms with Crippen LogP contribution in [0.4, 0.5) is 13.9 Å². The van der Waals surface area contributed by atoms with Crippen molar-refractivity contribution < 1.29 is 8.78 Å². The van der Waals surface area contributed by atoms with E-state index < -0.39 is 11.6 Å². The van der Waals surface area contributed by atoms with Gasteiger partial charge in [-0.2, -0.15) is 0 Å². The van der Waals surface area contributed by atoms with Gasteiger partial charge < -0.3 is 5.32 Å². The van der Waals surface area contributed by atoms with Crippen molar-refractivity contribution in [2.24, 2.45) is 0 Å². The number of halogens is 2. The quantitative estimate of drug-likeness (QED) is 0.894. The van der Waals surface area contributed by atoms with E-state index in [2.05, 4.69) is 10.3 Å². The third kappa shape index (κ3) is 2.61. The Morgan fingerprint density at radius 1 is 1.35 bits per heavy atom. The van der Waals surface area contributed by atoms with Gasteiger partial charge >= 0.3 is 0 Å². The van der Waals surface area contributed by atoms with Crippen molar-refractivity contribution in [3.05, 3.63) is 36.0 Å². The summed E-state index contributed by atoms with van der Waals surface area (Å²) < 4.78 is 26.6. The summed E-state index contributed by atoms with van der Waals surface area (Å²) >= 11 is 1.32. The molecule has 0 aliphatic heterocycles. The molecule has 1 heterocycles. The van der Waals surface area contributed by atoms with Gasteiger partial charge in [-0.3, -0.25) is 0 Å². The maximum absolute atomic E-state index is 13.5. The monoisotopic (exact) mass is 254 g/mol. The lowest BCUT2D eigenvalue weighted by atomic mass is 10.2. The minimum absolute atomic E-state index is 0.257. The van der Waals surface area contributed by atoms with E-state index >= 15 is 0 Å². The summed E-state index contributed by atoms with van der Waals surface area (Å²) in [7, 11) is 0. The number of nitrogens with zero attached hydrogens (tertiary/aromatic N) is 1. The van der Waals surface area contributed by atoms with Crippen molar-refractivity contribution in [1.82, 2.24) is 4.98 Å². The molecule has 0 unspecified atom stereocenters. The average molecular weight is 254 g/mol. The van der Waals surface area contributed by atoms with Gasteiger partial charge in [-0.05, 0) is 12.5 Å². The zero-order chi connectivity index (χ0) is 12.3. The molecule has 1 aromatic heterocycles. The van der Waals surface area contributed by atoms with Gasteiger partial charge in [-0.1, -0.05) is 30.4 Å². The smallest absolute Gasteiger partial charge is 0.183 e. The lowest BCUT2D eigenvalue weighted by Crippen LogP contribution is -1.97. The standard InChI is InChI=1S/C12H12F2N2S/c1-2-6-15-12-16-7-10(17-12)8-4-3-5-9(13)11(8)14/h3-5,7H,2,6H2,1H3,(H,15,16). The fourth-order valence-corrected chi connectivity index (χ4v) is 2.27. The number of nitrogens with one attached hydrogen (secondary N) is 1. The molecule has 1 aromatic carbocycles. The fraction of sp³-hybridized carbons (Fsp3) is 0.250. The van der Waals surface area contributed by atoms with Crippen molar-refractivity contribution in [1.29, 1.82) is 0 Å². The van der Waals surface area contributed by atoms with Gasteiger partial charge in [0.15, 0.2) is 16.8 Å². The highest BCUT2D eigenvalue weighted by Crippen LogP contribution is 2.31. The van der Waals surface area contributed by atoms with E-state index in [9.17, 15) is 8.78 Å². The van der Waals surface area contributed by atoms with Crippen molar-refractivity contribution in [2.75, 3.05) is 11.9 Å². The first-order chi connectivity index (χ1) is 8.22. The second kappa shape index (κ2) is 5.23. The Labute approximate surface area is 102 Å². The molecule has 0 spiro atoms. The fourth-order valence-electron chi connectivity index (χ4n) is 1.41. The molecule has 2 aromatic rings. The average Bonchev–Trinajstić information content (AvgIpc) is 2.78. The van der Waals surface area contributed by atoms with Crippen LogP contribution in [-0.2, 0) is 0 Å². The van der Waals surface area contributed by atoms with Gasteiger partial charge in [0, 0.05) is 18.3 Å². The number of benzene rings is 1. The highest BCUT2D eigenvalue weighted by Gasteiger charge is 2.12. The number of thiazole rings is 1. The van der Waals surface area contributed by atoms with Crippen molar-refractivity contribution in [2.45, 2.75) is 13.3 Å². The Kier molecular flexibility index (Phi) is 3.68. The Balaban J connectivity index is 2.27. The van der Waals surface area contributed by atoms with E-state index in [-0.39, 0.29) is 5.56 Å². The zero-order valence-electron chi connectivity index (χ0n) is 9.34. The van der Waals surface area contributed by atoms with Crippen LogP contribution in [0.25, 0.3) is 10.4 Å². The molecule has 0 saturated carbocycles. The van der Waals surface area contributed by atoms with Gasteiger partial charge in [0.25, 0.3) is 0 Å². The van der Waals surface area contributed by atoms with Crippen LogP contribution in [0, 0.1) is 11.6 Å². The third-order valence-electron chi connectivity index (χ3n) is 2.25. The lowest BCUT2D eigenvalue weighted by molar-refractivity contribution is 0.511.